The summed E-state index contributed by atoms with van der Waals surface area (Å²) in [6.45, 7) is 0. The molecule has 0 aliphatic rings. The second-order valence-electron chi connectivity index (χ2n) is 6.48. The van der Waals surface area contributed by atoms with Crippen LogP contribution < -0.4 is 16.6 Å². The Morgan fingerprint density at radius 1 is 1.07 bits per heavy atom. The lowest BCUT2D eigenvalue weighted by molar-refractivity contribution is 0.0996. The molecule has 0 aliphatic heterocycles. The molecule has 0 saturated carbocycles. The van der Waals surface area contributed by atoms with E-state index in [0.717, 1.165) is 0 Å². The summed E-state index contributed by atoms with van der Waals surface area (Å²) in [7, 11) is 1.78. The predicted octanol–water partition coefficient (Wildman–Crippen LogP) is 3.51. The van der Waals surface area contributed by atoms with Gasteiger partial charge in [0, 0.05) is 25.0 Å². The van der Waals surface area contributed by atoms with Crippen LogP contribution >= 0.6 is 23.2 Å². The Labute approximate surface area is 181 Å². The molecular formula is C20H16Cl2N6O2. The van der Waals surface area contributed by atoms with Gasteiger partial charge in [0.05, 0.1) is 27.6 Å². The van der Waals surface area contributed by atoms with Crippen LogP contribution in [0.4, 0.5) is 11.4 Å². The molecule has 4 aromatic rings. The zero-order valence-electron chi connectivity index (χ0n) is 15.7. The van der Waals surface area contributed by atoms with Gasteiger partial charge < -0.3 is 11.1 Å². The van der Waals surface area contributed by atoms with Crippen molar-refractivity contribution in [1.29, 1.82) is 0 Å². The van der Waals surface area contributed by atoms with E-state index in [2.05, 4.69) is 10.4 Å². The van der Waals surface area contributed by atoms with Gasteiger partial charge in [-0.1, -0.05) is 29.3 Å². The maximum atomic E-state index is 12.0. The zero-order chi connectivity index (χ0) is 21.4. The summed E-state index contributed by atoms with van der Waals surface area (Å²) in [4.78, 5) is 23.9. The third-order valence-electron chi connectivity index (χ3n) is 4.46. The van der Waals surface area contributed by atoms with Crippen LogP contribution in [0.15, 0.2) is 65.7 Å². The predicted molar refractivity (Wildman–Crippen MR) is 116 cm³/mol. The van der Waals surface area contributed by atoms with Crippen LogP contribution in [0.25, 0.3) is 11.4 Å². The molecule has 0 fully saturated rings. The smallest absolute Gasteiger partial charge is 0.271 e. The van der Waals surface area contributed by atoms with Crippen molar-refractivity contribution in [2.24, 2.45) is 12.8 Å². The number of amides is 1. The zero-order valence-corrected chi connectivity index (χ0v) is 17.2. The van der Waals surface area contributed by atoms with Crippen LogP contribution in [0.3, 0.4) is 0 Å². The van der Waals surface area contributed by atoms with Gasteiger partial charge in [-0.3, -0.25) is 14.3 Å². The Bertz CT molecular complexity index is 1280. The summed E-state index contributed by atoms with van der Waals surface area (Å²) in [5.41, 5.74) is 7.60. The van der Waals surface area contributed by atoms with Crippen molar-refractivity contribution in [2.75, 3.05) is 5.32 Å². The molecule has 2 aromatic heterocycles. The van der Waals surface area contributed by atoms with E-state index in [1.54, 1.807) is 66.6 Å². The molecule has 0 radical (unpaired) electrons. The van der Waals surface area contributed by atoms with Crippen molar-refractivity contribution in [3.8, 4) is 11.4 Å². The number of halogens is 2. The van der Waals surface area contributed by atoms with E-state index in [1.165, 1.54) is 15.4 Å². The van der Waals surface area contributed by atoms with Gasteiger partial charge in [0.1, 0.15) is 5.69 Å². The SMILES string of the molecule is Cn1ccc(=O)n1-c1ccc(Nc2cn(-c3c(Cl)cccc3Cl)nc2C(N)=O)cc1. The molecule has 0 atom stereocenters. The Hall–Kier alpha value is -3.49. The highest BCUT2D eigenvalue weighted by Crippen LogP contribution is 2.30. The number of hydrogen-bond donors (Lipinski definition) is 2. The molecule has 2 aromatic carbocycles. The number of rotatable bonds is 5. The first-order valence-corrected chi connectivity index (χ1v) is 9.56. The Kier molecular flexibility index (Phi) is 5.11. The van der Waals surface area contributed by atoms with Crippen molar-refractivity contribution in [3.05, 3.63) is 87.0 Å². The molecule has 1 amide bonds. The fraction of sp³-hybridized carbons (Fsp3) is 0.0500. The molecule has 0 bridgehead atoms. The normalized spacial score (nSPS) is 10.9. The van der Waals surface area contributed by atoms with Gasteiger partial charge in [0.15, 0.2) is 5.69 Å². The van der Waals surface area contributed by atoms with Gasteiger partial charge in [-0.15, -0.1) is 0 Å². The summed E-state index contributed by atoms with van der Waals surface area (Å²) in [5, 5.41) is 8.12. The van der Waals surface area contributed by atoms with Crippen molar-refractivity contribution >= 4 is 40.5 Å². The first-order valence-electron chi connectivity index (χ1n) is 8.81. The summed E-state index contributed by atoms with van der Waals surface area (Å²) in [5.74, 6) is -0.702. The van der Waals surface area contributed by atoms with Crippen LogP contribution in [0, 0.1) is 0 Å². The van der Waals surface area contributed by atoms with E-state index < -0.39 is 5.91 Å². The summed E-state index contributed by atoms with van der Waals surface area (Å²) >= 11 is 12.5. The highest BCUT2D eigenvalue weighted by Gasteiger charge is 2.18. The lowest BCUT2D eigenvalue weighted by Gasteiger charge is -2.09. The number of nitrogens with zero attached hydrogens (tertiary/aromatic N) is 4. The van der Waals surface area contributed by atoms with Gasteiger partial charge in [-0.25, -0.2) is 9.36 Å². The number of hydrogen-bond acceptors (Lipinski definition) is 4. The first kappa shape index (κ1) is 19.8. The molecule has 0 spiro atoms. The van der Waals surface area contributed by atoms with Gasteiger partial charge in [-0.05, 0) is 36.4 Å². The summed E-state index contributed by atoms with van der Waals surface area (Å²) in [6.07, 6.45) is 3.27. The first-order chi connectivity index (χ1) is 14.3. The van der Waals surface area contributed by atoms with E-state index in [4.69, 9.17) is 28.9 Å². The number of carbonyl (C=O) groups excluding carboxylic acids is 1. The van der Waals surface area contributed by atoms with E-state index in [0.29, 0.717) is 32.8 Å². The van der Waals surface area contributed by atoms with Crippen LogP contribution in [0.2, 0.25) is 10.0 Å². The molecule has 152 valence electrons. The van der Waals surface area contributed by atoms with E-state index in [9.17, 15) is 9.59 Å². The number of para-hydroxylation sites is 1. The average molecular weight is 443 g/mol. The lowest BCUT2D eigenvalue weighted by Crippen LogP contribution is -2.18. The number of nitrogens with one attached hydrogen (secondary N) is 1. The second kappa shape index (κ2) is 7.74. The molecular weight excluding hydrogens is 427 g/mol. The van der Waals surface area contributed by atoms with Crippen molar-refractivity contribution in [1.82, 2.24) is 19.1 Å². The molecule has 4 rings (SSSR count). The number of carbonyl (C=O) groups is 1. The standard InChI is InChI=1S/C20H16Cl2N6O2/c1-26-10-9-17(29)28(26)13-7-5-12(6-8-13)24-16-11-27(25-18(16)20(23)30)19-14(21)3-2-4-15(19)22/h2-11,24H,1H3,(H2,23,30). The minimum Gasteiger partial charge on any atom is -0.364 e. The molecule has 0 saturated heterocycles. The highest BCUT2D eigenvalue weighted by atomic mass is 35.5. The number of aryl methyl sites for hydroxylation is 1. The molecule has 3 N–H and O–H groups in total. The number of anilines is 2. The molecule has 8 nitrogen and oxygen atoms in total. The van der Waals surface area contributed by atoms with Gasteiger partial charge in [-0.2, -0.15) is 5.10 Å². The van der Waals surface area contributed by atoms with Crippen LogP contribution in [-0.4, -0.2) is 25.1 Å². The van der Waals surface area contributed by atoms with Crippen molar-refractivity contribution in [3.63, 3.8) is 0 Å². The fourth-order valence-corrected chi connectivity index (χ4v) is 3.66. The quantitative estimate of drug-likeness (QED) is 0.493. The van der Waals surface area contributed by atoms with Crippen LogP contribution in [-0.2, 0) is 7.05 Å². The molecule has 30 heavy (non-hydrogen) atoms. The monoisotopic (exact) mass is 442 g/mol. The fourth-order valence-electron chi connectivity index (χ4n) is 3.09. The lowest BCUT2D eigenvalue weighted by atomic mass is 10.2. The number of benzene rings is 2. The van der Waals surface area contributed by atoms with Crippen molar-refractivity contribution < 1.29 is 4.79 Å². The third-order valence-corrected chi connectivity index (χ3v) is 5.07. The topological polar surface area (TPSA) is 99.9 Å². The van der Waals surface area contributed by atoms with Gasteiger partial charge >= 0.3 is 0 Å². The third kappa shape index (κ3) is 3.58. The van der Waals surface area contributed by atoms with E-state index in [-0.39, 0.29) is 11.3 Å². The number of primary amides is 1. The minimum absolute atomic E-state index is 0.0358. The Morgan fingerprint density at radius 2 is 1.73 bits per heavy atom. The van der Waals surface area contributed by atoms with Gasteiger partial charge in [0.25, 0.3) is 11.5 Å². The molecule has 10 heteroatoms. The summed E-state index contributed by atoms with van der Waals surface area (Å²) < 4.78 is 4.62. The minimum atomic E-state index is -0.702. The highest BCUT2D eigenvalue weighted by molar-refractivity contribution is 6.37. The Balaban J connectivity index is 1.69. The van der Waals surface area contributed by atoms with Crippen LogP contribution in [0.5, 0.6) is 0 Å². The number of nitrogens with two attached hydrogens (primary N) is 1. The molecule has 0 aliphatic carbocycles. The Morgan fingerprint density at radius 3 is 2.30 bits per heavy atom. The summed E-state index contributed by atoms with van der Waals surface area (Å²) in [6, 6.07) is 13.7. The molecule has 2 heterocycles. The average Bonchev–Trinajstić information content (AvgIpc) is 3.26. The maximum absolute atomic E-state index is 12.0. The maximum Gasteiger partial charge on any atom is 0.271 e. The molecule has 0 unspecified atom stereocenters. The van der Waals surface area contributed by atoms with E-state index >= 15 is 0 Å². The van der Waals surface area contributed by atoms with E-state index in [1.807, 2.05) is 0 Å². The largest absolute Gasteiger partial charge is 0.364 e. The second-order valence-corrected chi connectivity index (χ2v) is 7.30. The van der Waals surface area contributed by atoms with Gasteiger partial charge in [0.2, 0.25) is 0 Å². The van der Waals surface area contributed by atoms with Crippen LogP contribution in [0.1, 0.15) is 10.5 Å². The number of aromatic nitrogens is 4. The van der Waals surface area contributed by atoms with Crippen molar-refractivity contribution in [2.45, 2.75) is 0 Å².